The third-order valence-corrected chi connectivity index (χ3v) is 11.3. The number of likely N-dealkylation sites (N-methyl/N-ethyl adjacent to an activating group) is 1. The Balaban J connectivity index is 4.20. The van der Waals surface area contributed by atoms with Crippen molar-refractivity contribution in [1.29, 1.82) is 0 Å². The second-order valence-corrected chi connectivity index (χ2v) is 18.6. The van der Waals surface area contributed by atoms with Gasteiger partial charge in [0.05, 0.1) is 39.9 Å². The quantitative estimate of drug-likeness (QED) is 0.0245. The predicted molar refractivity (Wildman–Crippen MR) is 244 cm³/mol. The maximum Gasteiger partial charge on any atom is 0.472 e. The van der Waals surface area contributed by atoms with E-state index in [1.54, 1.807) is 6.08 Å². The fourth-order valence-electron chi connectivity index (χ4n) is 6.50. The zero-order valence-electron chi connectivity index (χ0n) is 37.8. The predicted octanol–water partition coefficient (Wildman–Crippen LogP) is 13.2. The number of phosphoric acid groups is 1. The number of aliphatic hydroxyl groups excluding tert-OH is 1. The second kappa shape index (κ2) is 39.9. The average molecular weight is 824 g/mol. The highest BCUT2D eigenvalue weighted by Crippen LogP contribution is 2.43. The summed E-state index contributed by atoms with van der Waals surface area (Å²) in [6.07, 6.45) is 50.6. The molecule has 1 amide bonds. The van der Waals surface area contributed by atoms with Gasteiger partial charge in [-0.25, -0.2) is 4.57 Å². The van der Waals surface area contributed by atoms with Gasteiger partial charge in [0.15, 0.2) is 0 Å². The van der Waals surface area contributed by atoms with Crippen LogP contribution in [-0.2, 0) is 18.4 Å². The van der Waals surface area contributed by atoms with E-state index < -0.39 is 20.0 Å². The Bertz CT molecular complexity index is 1070. The number of phosphoric ester groups is 1. The van der Waals surface area contributed by atoms with E-state index in [1.165, 1.54) is 135 Å². The molecular weight excluding hydrogens is 732 g/mol. The number of hydrogen-bond acceptors (Lipinski definition) is 5. The molecule has 0 fully saturated rings. The summed E-state index contributed by atoms with van der Waals surface area (Å²) in [5.74, 6) is -0.191. The number of carbonyl (C=O) groups excluding carboxylic acids is 1. The minimum atomic E-state index is -4.34. The summed E-state index contributed by atoms with van der Waals surface area (Å²) in [6, 6.07) is -0.862. The van der Waals surface area contributed by atoms with E-state index in [0.717, 1.165) is 44.9 Å². The lowest BCUT2D eigenvalue weighted by Gasteiger charge is -2.25. The molecule has 0 radical (unpaired) electrons. The van der Waals surface area contributed by atoms with Gasteiger partial charge in [0.25, 0.3) is 0 Å². The van der Waals surface area contributed by atoms with Gasteiger partial charge in [-0.05, 0) is 64.2 Å². The average Bonchev–Trinajstić information content (AvgIpc) is 3.16. The molecule has 3 unspecified atom stereocenters. The topological polar surface area (TPSA) is 105 Å². The maximum absolute atomic E-state index is 12.9. The summed E-state index contributed by atoms with van der Waals surface area (Å²) in [5.41, 5.74) is 0. The summed E-state index contributed by atoms with van der Waals surface area (Å²) >= 11 is 0. The van der Waals surface area contributed by atoms with E-state index in [-0.39, 0.29) is 19.1 Å². The van der Waals surface area contributed by atoms with Crippen LogP contribution in [0.25, 0.3) is 0 Å². The highest BCUT2D eigenvalue weighted by molar-refractivity contribution is 7.47. The lowest BCUT2D eigenvalue weighted by Crippen LogP contribution is -2.45. The minimum absolute atomic E-state index is 0.0550. The number of amides is 1. The van der Waals surface area contributed by atoms with Gasteiger partial charge in [0.2, 0.25) is 5.91 Å². The fourth-order valence-corrected chi connectivity index (χ4v) is 7.23. The molecule has 334 valence electrons. The third kappa shape index (κ3) is 42.4. The first-order chi connectivity index (χ1) is 27.5. The summed E-state index contributed by atoms with van der Waals surface area (Å²) in [4.78, 5) is 23.1. The Morgan fingerprint density at radius 2 is 1.02 bits per heavy atom. The van der Waals surface area contributed by atoms with Gasteiger partial charge >= 0.3 is 7.82 Å². The number of allylic oxidation sites excluding steroid dienone is 7. The van der Waals surface area contributed by atoms with Crippen molar-refractivity contribution in [2.45, 2.75) is 212 Å². The molecule has 0 spiro atoms. The molecule has 0 aliphatic carbocycles. The van der Waals surface area contributed by atoms with Crippen LogP contribution in [0, 0.1) is 0 Å². The Labute approximate surface area is 352 Å². The van der Waals surface area contributed by atoms with Crippen molar-refractivity contribution in [3.63, 3.8) is 0 Å². The molecule has 8 nitrogen and oxygen atoms in total. The fraction of sp³-hybridized carbons (Fsp3) is 0.812. The van der Waals surface area contributed by atoms with E-state index in [9.17, 15) is 19.4 Å². The standard InChI is InChI=1S/C48H91N2O6P/c1-6-8-10-12-14-16-18-19-20-21-22-23-24-25-26-27-28-29-30-31-32-34-36-38-40-42-48(52)49-46(45-56-57(53,54)55-44-43-50(3,4)5)47(51)41-39-37-35-33-17-15-13-11-9-7-2/h17-19,21-22,33,39,41,46-47,51H,6-16,20,23-32,34-38,40,42-45H2,1-5H3,(H-,49,52,53,54)/p+1/b19-18-,22-21-,33-17+,41-39+. The molecule has 3 N–H and O–H groups in total. The van der Waals surface area contributed by atoms with Crippen LogP contribution in [0.3, 0.4) is 0 Å². The number of quaternary nitrogens is 1. The molecule has 0 saturated heterocycles. The van der Waals surface area contributed by atoms with Gasteiger partial charge in [-0.15, -0.1) is 0 Å². The molecule has 0 aliphatic heterocycles. The molecule has 3 atom stereocenters. The van der Waals surface area contributed by atoms with Gasteiger partial charge < -0.3 is 19.8 Å². The van der Waals surface area contributed by atoms with Gasteiger partial charge in [-0.3, -0.25) is 13.8 Å². The van der Waals surface area contributed by atoms with E-state index in [0.29, 0.717) is 17.4 Å². The normalized spacial score (nSPS) is 14.7. The van der Waals surface area contributed by atoms with Gasteiger partial charge in [-0.2, -0.15) is 0 Å². The van der Waals surface area contributed by atoms with Crippen LogP contribution in [0.2, 0.25) is 0 Å². The van der Waals surface area contributed by atoms with E-state index in [1.807, 2.05) is 27.2 Å². The molecular formula is C48H92N2O6P+. The molecule has 0 bridgehead atoms. The largest absolute Gasteiger partial charge is 0.472 e. The van der Waals surface area contributed by atoms with E-state index in [4.69, 9.17) is 9.05 Å². The maximum atomic E-state index is 12.9. The number of rotatable bonds is 42. The van der Waals surface area contributed by atoms with Gasteiger partial charge in [0, 0.05) is 6.42 Å². The van der Waals surface area contributed by atoms with Crippen LogP contribution < -0.4 is 5.32 Å². The molecule has 0 aromatic rings. The highest BCUT2D eigenvalue weighted by Gasteiger charge is 2.27. The first-order valence-corrected chi connectivity index (χ1v) is 25.0. The number of carbonyl (C=O) groups is 1. The monoisotopic (exact) mass is 824 g/mol. The lowest BCUT2D eigenvalue weighted by atomic mass is 10.0. The molecule has 57 heavy (non-hydrogen) atoms. The number of hydrogen-bond donors (Lipinski definition) is 3. The summed E-state index contributed by atoms with van der Waals surface area (Å²) in [5, 5.41) is 13.8. The Morgan fingerprint density at radius 3 is 1.53 bits per heavy atom. The van der Waals surface area contributed by atoms with Crippen LogP contribution in [0.15, 0.2) is 48.6 Å². The molecule has 9 heteroatoms. The van der Waals surface area contributed by atoms with Crippen LogP contribution in [0.5, 0.6) is 0 Å². The van der Waals surface area contributed by atoms with Crippen LogP contribution in [0.4, 0.5) is 0 Å². The SMILES string of the molecule is CCCCCC/C=C/CC/C=C/C(O)C(COP(=O)(O)OCC[N+](C)(C)C)NC(=O)CCCCCCCCCCCCCCC/C=C\C/C=C\CCCCCCC. The molecule has 0 aromatic heterocycles. The first-order valence-electron chi connectivity index (χ1n) is 23.5. The molecule has 0 aliphatic rings. The van der Waals surface area contributed by atoms with Gasteiger partial charge in [0.1, 0.15) is 13.2 Å². The third-order valence-electron chi connectivity index (χ3n) is 10.3. The highest BCUT2D eigenvalue weighted by atomic mass is 31.2. The van der Waals surface area contributed by atoms with Crippen molar-refractivity contribution in [2.24, 2.45) is 0 Å². The Morgan fingerprint density at radius 1 is 0.596 bits per heavy atom. The number of aliphatic hydroxyl groups is 1. The van der Waals surface area contributed by atoms with Crippen LogP contribution >= 0.6 is 7.82 Å². The summed E-state index contributed by atoms with van der Waals surface area (Å²) in [6.45, 7) is 4.74. The summed E-state index contributed by atoms with van der Waals surface area (Å²) in [7, 11) is 1.55. The van der Waals surface area contributed by atoms with Crippen molar-refractivity contribution in [2.75, 3.05) is 40.9 Å². The molecule has 0 heterocycles. The number of unbranched alkanes of at least 4 members (excludes halogenated alkanes) is 23. The van der Waals surface area contributed by atoms with Gasteiger partial charge in [-0.1, -0.05) is 178 Å². The Kier molecular flexibility index (Phi) is 38.8. The van der Waals surface area contributed by atoms with Crippen molar-refractivity contribution in [3.8, 4) is 0 Å². The van der Waals surface area contributed by atoms with Crippen molar-refractivity contribution < 1.29 is 32.9 Å². The van der Waals surface area contributed by atoms with Crippen molar-refractivity contribution in [3.05, 3.63) is 48.6 Å². The van der Waals surface area contributed by atoms with Crippen molar-refractivity contribution in [1.82, 2.24) is 5.32 Å². The lowest BCUT2D eigenvalue weighted by molar-refractivity contribution is -0.870. The zero-order chi connectivity index (χ0) is 42.1. The van der Waals surface area contributed by atoms with E-state index >= 15 is 0 Å². The molecule has 0 saturated carbocycles. The molecule has 0 rings (SSSR count). The smallest absolute Gasteiger partial charge is 0.387 e. The number of nitrogens with one attached hydrogen (secondary N) is 1. The minimum Gasteiger partial charge on any atom is -0.387 e. The number of nitrogens with zero attached hydrogens (tertiary/aromatic N) is 1. The van der Waals surface area contributed by atoms with E-state index in [2.05, 4.69) is 55.6 Å². The summed E-state index contributed by atoms with van der Waals surface area (Å²) < 4.78 is 23.5. The molecule has 0 aromatic carbocycles. The zero-order valence-corrected chi connectivity index (χ0v) is 38.7. The Hall–Kier alpha value is -1.54. The van der Waals surface area contributed by atoms with Crippen LogP contribution in [0.1, 0.15) is 200 Å². The first kappa shape index (κ1) is 55.5. The second-order valence-electron chi connectivity index (χ2n) is 17.1. The van der Waals surface area contributed by atoms with Crippen LogP contribution in [-0.4, -0.2) is 73.4 Å². The van der Waals surface area contributed by atoms with Crippen molar-refractivity contribution >= 4 is 13.7 Å².